The molecular formula is C42H46N2O4. The van der Waals surface area contributed by atoms with Gasteiger partial charge in [-0.3, -0.25) is 29.0 Å². The molecule has 4 amide bonds. The molecule has 248 valence electrons. The second-order valence-electron chi connectivity index (χ2n) is 15.9. The number of hydrogen-bond acceptors (Lipinski definition) is 4. The topological polar surface area (TPSA) is 74.8 Å². The second kappa shape index (κ2) is 11.7. The number of amides is 4. The lowest BCUT2D eigenvalue weighted by Crippen LogP contribution is -2.48. The molecule has 48 heavy (non-hydrogen) atoms. The van der Waals surface area contributed by atoms with Gasteiger partial charge in [0.25, 0.3) is 23.6 Å². The maximum atomic E-state index is 14.2. The number of benzene rings is 5. The molecule has 2 heterocycles. The summed E-state index contributed by atoms with van der Waals surface area (Å²) in [4.78, 5) is 60.0. The molecule has 0 aliphatic carbocycles. The van der Waals surface area contributed by atoms with Crippen LogP contribution in [-0.2, 0) is 0 Å². The third kappa shape index (κ3) is 4.82. The fourth-order valence-corrected chi connectivity index (χ4v) is 8.76. The van der Waals surface area contributed by atoms with Crippen molar-refractivity contribution in [3.8, 4) is 0 Å². The smallest absolute Gasteiger partial charge is 0.261 e. The van der Waals surface area contributed by atoms with E-state index < -0.39 is 0 Å². The second-order valence-corrected chi connectivity index (χ2v) is 15.9. The van der Waals surface area contributed by atoms with E-state index in [1.807, 2.05) is 48.5 Å². The van der Waals surface area contributed by atoms with Crippen molar-refractivity contribution in [3.63, 3.8) is 0 Å². The summed E-state index contributed by atoms with van der Waals surface area (Å²) in [6.07, 6.45) is 3.04. The van der Waals surface area contributed by atoms with Crippen molar-refractivity contribution in [3.05, 3.63) is 70.8 Å². The van der Waals surface area contributed by atoms with Gasteiger partial charge in [0.05, 0.1) is 0 Å². The lowest BCUT2D eigenvalue weighted by atomic mass is 9.81. The Kier molecular flexibility index (Phi) is 7.84. The summed E-state index contributed by atoms with van der Waals surface area (Å²) in [5.41, 5.74) is 2.22. The molecule has 0 bridgehead atoms. The Bertz CT molecular complexity index is 1860. The minimum absolute atomic E-state index is 0.173. The highest BCUT2D eigenvalue weighted by atomic mass is 16.2. The van der Waals surface area contributed by atoms with E-state index in [1.54, 1.807) is 0 Å². The summed E-state index contributed by atoms with van der Waals surface area (Å²) in [5, 5.41) is 6.82. The number of imide groups is 2. The highest BCUT2D eigenvalue weighted by molar-refractivity contribution is 6.41. The van der Waals surface area contributed by atoms with Gasteiger partial charge in [-0.2, -0.15) is 0 Å². The zero-order valence-corrected chi connectivity index (χ0v) is 29.4. The van der Waals surface area contributed by atoms with Crippen molar-refractivity contribution in [2.75, 3.05) is 0 Å². The van der Waals surface area contributed by atoms with Gasteiger partial charge in [0.1, 0.15) is 0 Å². The SMILES string of the molecule is CC(C)CC(CC(C)C)N1C(=O)c2ccc3c4ccc5c6c(ccc(c7ccc(c2c37)C1=O)c64)C(=O)N(C(CC(C)C)CC(C)C)C5=O. The van der Waals surface area contributed by atoms with Gasteiger partial charge >= 0.3 is 0 Å². The van der Waals surface area contributed by atoms with Crippen LogP contribution < -0.4 is 0 Å². The predicted octanol–water partition coefficient (Wildman–Crippen LogP) is 9.85. The molecule has 0 radical (unpaired) electrons. The zero-order valence-electron chi connectivity index (χ0n) is 29.4. The van der Waals surface area contributed by atoms with Crippen molar-refractivity contribution in [1.29, 1.82) is 0 Å². The van der Waals surface area contributed by atoms with Gasteiger partial charge in [0, 0.05) is 45.1 Å². The first-order chi connectivity index (χ1) is 22.8. The van der Waals surface area contributed by atoms with Gasteiger partial charge in [-0.1, -0.05) is 79.7 Å². The highest BCUT2D eigenvalue weighted by Gasteiger charge is 2.41. The van der Waals surface area contributed by atoms with Crippen molar-refractivity contribution in [2.45, 2.75) is 93.2 Å². The van der Waals surface area contributed by atoms with Crippen LogP contribution in [0.3, 0.4) is 0 Å². The van der Waals surface area contributed by atoms with E-state index in [1.165, 1.54) is 9.80 Å². The number of carbonyl (C=O) groups excluding carboxylic acids is 4. The Labute approximate surface area is 282 Å². The van der Waals surface area contributed by atoms with Crippen LogP contribution in [0.5, 0.6) is 0 Å². The normalized spacial score (nSPS) is 15.4. The van der Waals surface area contributed by atoms with Crippen molar-refractivity contribution in [1.82, 2.24) is 9.80 Å². The summed E-state index contributed by atoms with van der Waals surface area (Å²) < 4.78 is 0. The van der Waals surface area contributed by atoms with E-state index in [9.17, 15) is 19.2 Å². The molecule has 0 saturated heterocycles. The molecule has 7 rings (SSSR count). The molecule has 6 heteroatoms. The number of fused-ring (bicyclic) bond motifs is 2. The molecule has 6 nitrogen and oxygen atoms in total. The molecule has 0 N–H and O–H groups in total. The monoisotopic (exact) mass is 642 g/mol. The van der Waals surface area contributed by atoms with Crippen LogP contribution in [0.4, 0.5) is 0 Å². The third-order valence-electron chi connectivity index (χ3n) is 10.4. The van der Waals surface area contributed by atoms with Crippen LogP contribution in [0, 0.1) is 23.7 Å². The Morgan fingerprint density at radius 2 is 0.604 bits per heavy atom. The molecule has 5 aromatic carbocycles. The maximum absolute atomic E-state index is 14.2. The van der Waals surface area contributed by atoms with E-state index in [4.69, 9.17) is 0 Å². The molecule has 0 fully saturated rings. The molecular weight excluding hydrogens is 596 g/mol. The first-order valence-electron chi connectivity index (χ1n) is 17.8. The molecule has 0 atom stereocenters. The van der Waals surface area contributed by atoms with E-state index >= 15 is 0 Å². The Morgan fingerprint density at radius 3 is 0.812 bits per heavy atom. The van der Waals surface area contributed by atoms with Crippen LogP contribution in [0.25, 0.3) is 43.1 Å². The number of rotatable bonds is 10. The predicted molar refractivity (Wildman–Crippen MR) is 194 cm³/mol. The lowest BCUT2D eigenvalue weighted by Gasteiger charge is -2.36. The molecule has 0 unspecified atom stereocenters. The number of hydrogen-bond donors (Lipinski definition) is 0. The standard InChI is InChI=1S/C42H46N2O4/c1-21(2)17-25(18-22(3)4)43-39(45)31-13-9-27-29-11-15-33-38-34(42(48)44(41(33)47)26(19-23(5)6)20-24(7)8)16-12-30(36(29)38)28-10-14-32(40(43)46)37(31)35(27)28/h9-16,21-26H,17-20H2,1-8H3. The maximum Gasteiger partial charge on any atom is 0.261 e. The third-order valence-corrected chi connectivity index (χ3v) is 10.4. The fraction of sp³-hybridized carbons (Fsp3) is 0.429. The van der Waals surface area contributed by atoms with Gasteiger partial charge < -0.3 is 0 Å². The summed E-state index contributed by atoms with van der Waals surface area (Å²) >= 11 is 0. The molecule has 0 saturated carbocycles. The van der Waals surface area contributed by atoms with Gasteiger partial charge in [0.15, 0.2) is 0 Å². The molecule has 2 aliphatic rings. The van der Waals surface area contributed by atoms with Crippen molar-refractivity contribution < 1.29 is 19.2 Å². The van der Waals surface area contributed by atoms with Crippen molar-refractivity contribution in [2.24, 2.45) is 23.7 Å². The summed E-state index contributed by atoms with van der Waals surface area (Å²) in [6, 6.07) is 15.1. The van der Waals surface area contributed by atoms with Crippen LogP contribution in [0.1, 0.15) is 123 Å². The van der Waals surface area contributed by atoms with E-state index in [0.29, 0.717) is 56.7 Å². The highest BCUT2D eigenvalue weighted by Crippen LogP contribution is 2.47. The number of carbonyl (C=O) groups is 4. The lowest BCUT2D eigenvalue weighted by molar-refractivity contribution is 0.0483. The van der Waals surface area contributed by atoms with Crippen molar-refractivity contribution >= 4 is 66.7 Å². The zero-order chi connectivity index (χ0) is 34.3. The molecule has 0 spiro atoms. The Balaban J connectivity index is 1.44. The molecule has 2 aliphatic heterocycles. The van der Waals surface area contributed by atoms with Gasteiger partial charge in [-0.25, -0.2) is 0 Å². The molecule has 0 aromatic heterocycles. The van der Waals surface area contributed by atoms with Gasteiger partial charge in [-0.15, -0.1) is 0 Å². The quantitative estimate of drug-likeness (QED) is 0.0863. The van der Waals surface area contributed by atoms with E-state index in [0.717, 1.165) is 58.0 Å². The average molecular weight is 643 g/mol. The summed E-state index contributed by atoms with van der Waals surface area (Å²) in [6.45, 7) is 17.1. The minimum atomic E-state index is -0.229. The van der Waals surface area contributed by atoms with Gasteiger partial charge in [-0.05, 0) is 106 Å². The van der Waals surface area contributed by atoms with Crippen LogP contribution in [0.2, 0.25) is 0 Å². The minimum Gasteiger partial charge on any atom is -0.271 e. The summed E-state index contributed by atoms with van der Waals surface area (Å²) in [7, 11) is 0. The first-order valence-corrected chi connectivity index (χ1v) is 17.8. The average Bonchev–Trinajstić information content (AvgIpc) is 3.00. The molecule has 5 aromatic rings. The fourth-order valence-electron chi connectivity index (χ4n) is 8.76. The van der Waals surface area contributed by atoms with Gasteiger partial charge in [0.2, 0.25) is 0 Å². The Hall–Kier alpha value is -4.32. The largest absolute Gasteiger partial charge is 0.271 e. The van der Waals surface area contributed by atoms with Crippen LogP contribution >= 0.6 is 0 Å². The summed E-state index contributed by atoms with van der Waals surface area (Å²) in [5.74, 6) is 0.441. The Morgan fingerprint density at radius 1 is 0.375 bits per heavy atom. The van der Waals surface area contributed by atoms with E-state index in [2.05, 4.69) is 55.4 Å². The van der Waals surface area contributed by atoms with Crippen LogP contribution in [-0.4, -0.2) is 45.5 Å². The van der Waals surface area contributed by atoms with E-state index in [-0.39, 0.29) is 35.7 Å². The first kappa shape index (κ1) is 32.2. The van der Waals surface area contributed by atoms with Crippen LogP contribution in [0.15, 0.2) is 48.5 Å². The number of nitrogens with zero attached hydrogens (tertiary/aromatic N) is 2.